The van der Waals surface area contributed by atoms with Gasteiger partial charge >= 0.3 is 0 Å². The first-order valence-electron chi connectivity index (χ1n) is 14.4. The van der Waals surface area contributed by atoms with Crippen LogP contribution in [0.2, 0.25) is 0 Å². The molecule has 5 atom stereocenters. The van der Waals surface area contributed by atoms with E-state index in [1.165, 1.54) is 0 Å². The van der Waals surface area contributed by atoms with Crippen LogP contribution in [-0.2, 0) is 20.8 Å². The van der Waals surface area contributed by atoms with Gasteiger partial charge in [0.25, 0.3) is 0 Å². The number of ether oxygens (including phenoxy) is 1. The lowest BCUT2D eigenvalue weighted by molar-refractivity contribution is -0.136. The summed E-state index contributed by atoms with van der Waals surface area (Å²) >= 11 is 0. The molecular formula is C34H40N4O4. The molecule has 2 bridgehead atoms. The Balaban J connectivity index is 1.77. The molecule has 0 unspecified atom stereocenters. The van der Waals surface area contributed by atoms with E-state index >= 15 is 0 Å². The summed E-state index contributed by atoms with van der Waals surface area (Å²) in [5, 5.41) is 8.77. The van der Waals surface area contributed by atoms with Gasteiger partial charge in [0, 0.05) is 6.20 Å². The van der Waals surface area contributed by atoms with Crippen molar-refractivity contribution in [3.8, 4) is 5.75 Å². The number of benzene rings is 3. The quantitative estimate of drug-likeness (QED) is 0.380. The first kappa shape index (κ1) is 30.5. The van der Waals surface area contributed by atoms with E-state index < -0.39 is 30.1 Å². The van der Waals surface area contributed by atoms with E-state index in [0.717, 1.165) is 11.1 Å². The third kappa shape index (κ3) is 7.85. The molecule has 3 amide bonds. The standard InChI is InChI=1S/C34H40N4O4/c1-5-23(2)29-33(40)35-21-20-24-16-18-27(19-17-24)42-31(26-14-10-7-11-15-26)30(34(41)36-29)37-32(39)28(38(3)4)22-25-12-8-6-9-13-25/h6-21,23,28-31H,5,22H2,1-4H3,(H,35,40)(H,36,41)(H,37,39)/b21-20+/t23-,28+,29+,30+,31+/m1/s1. The molecule has 3 N–H and O–H groups in total. The van der Waals surface area contributed by atoms with E-state index in [2.05, 4.69) is 16.0 Å². The third-order valence-corrected chi connectivity index (χ3v) is 7.65. The first-order chi connectivity index (χ1) is 20.3. The fourth-order valence-corrected chi connectivity index (χ4v) is 4.91. The molecule has 220 valence electrons. The minimum absolute atomic E-state index is 0.159. The molecule has 0 aliphatic carbocycles. The number of nitrogens with zero attached hydrogens (tertiary/aromatic N) is 1. The average molecular weight is 569 g/mol. The van der Waals surface area contributed by atoms with Crippen LogP contribution < -0.4 is 20.7 Å². The zero-order valence-corrected chi connectivity index (χ0v) is 24.6. The SMILES string of the molecule is CC[C@@H](C)[C@@H]1NC(=O)[C@@H](NC(=O)[C@H](Cc2ccccc2)N(C)C)[C@H](c2ccccc2)Oc2ccc(cc2)/C=C/NC1=O. The lowest BCUT2D eigenvalue weighted by atomic mass is 9.95. The second-order valence-electron chi connectivity index (χ2n) is 10.9. The van der Waals surface area contributed by atoms with Crippen molar-refractivity contribution in [3.05, 3.63) is 108 Å². The summed E-state index contributed by atoms with van der Waals surface area (Å²) in [4.78, 5) is 43.2. The Labute approximate surface area is 248 Å². The van der Waals surface area contributed by atoms with Gasteiger partial charge in [-0.3, -0.25) is 19.3 Å². The highest BCUT2D eigenvalue weighted by atomic mass is 16.5. The van der Waals surface area contributed by atoms with Crippen LogP contribution in [-0.4, -0.2) is 54.8 Å². The van der Waals surface area contributed by atoms with Crippen LogP contribution in [0.25, 0.3) is 6.08 Å². The summed E-state index contributed by atoms with van der Waals surface area (Å²) in [6, 6.07) is 23.9. The van der Waals surface area contributed by atoms with Crippen molar-refractivity contribution in [3.63, 3.8) is 0 Å². The highest BCUT2D eigenvalue weighted by molar-refractivity contribution is 5.94. The van der Waals surface area contributed by atoms with Gasteiger partial charge in [-0.15, -0.1) is 0 Å². The highest BCUT2D eigenvalue weighted by Crippen LogP contribution is 2.27. The monoisotopic (exact) mass is 568 g/mol. The Morgan fingerprint density at radius 3 is 2.19 bits per heavy atom. The lowest BCUT2D eigenvalue weighted by Crippen LogP contribution is -2.59. The number of hydrogen-bond donors (Lipinski definition) is 3. The van der Waals surface area contributed by atoms with Gasteiger partial charge in [0.2, 0.25) is 17.7 Å². The van der Waals surface area contributed by atoms with E-state index in [-0.39, 0.29) is 17.7 Å². The number of fused-ring (bicyclic) bond motifs is 10. The summed E-state index contributed by atoms with van der Waals surface area (Å²) in [5.74, 6) is -0.778. The van der Waals surface area contributed by atoms with Crippen molar-refractivity contribution < 1.29 is 19.1 Å². The Kier molecular flexibility index (Phi) is 10.5. The first-order valence-corrected chi connectivity index (χ1v) is 14.4. The van der Waals surface area contributed by atoms with Gasteiger partial charge < -0.3 is 20.7 Å². The molecule has 8 nitrogen and oxygen atoms in total. The van der Waals surface area contributed by atoms with Crippen molar-refractivity contribution >= 4 is 23.8 Å². The van der Waals surface area contributed by atoms with Crippen LogP contribution in [0.15, 0.2) is 91.1 Å². The Bertz CT molecular complexity index is 1360. The van der Waals surface area contributed by atoms with Crippen LogP contribution in [0.5, 0.6) is 5.75 Å². The fourth-order valence-electron chi connectivity index (χ4n) is 4.91. The number of carbonyl (C=O) groups excluding carboxylic acids is 3. The number of rotatable bonds is 8. The minimum atomic E-state index is -1.14. The molecule has 0 saturated heterocycles. The van der Waals surface area contributed by atoms with Gasteiger partial charge in [0.05, 0.1) is 6.04 Å². The maximum absolute atomic E-state index is 14.2. The van der Waals surface area contributed by atoms with Crippen LogP contribution in [0.1, 0.15) is 43.1 Å². The molecule has 42 heavy (non-hydrogen) atoms. The van der Waals surface area contributed by atoms with E-state index in [9.17, 15) is 14.4 Å². The topological polar surface area (TPSA) is 99.8 Å². The average Bonchev–Trinajstić information content (AvgIpc) is 3.00. The van der Waals surface area contributed by atoms with E-state index in [1.807, 2.05) is 106 Å². The Morgan fingerprint density at radius 2 is 1.57 bits per heavy atom. The Hall–Kier alpha value is -4.43. The number of nitrogens with one attached hydrogen (secondary N) is 3. The molecule has 2 aliphatic rings. The summed E-state index contributed by atoms with van der Waals surface area (Å²) in [7, 11) is 3.68. The molecule has 0 fully saturated rings. The third-order valence-electron chi connectivity index (χ3n) is 7.65. The number of hydrogen-bond acceptors (Lipinski definition) is 5. The smallest absolute Gasteiger partial charge is 0.247 e. The summed E-state index contributed by atoms with van der Waals surface area (Å²) in [6.45, 7) is 3.88. The van der Waals surface area contributed by atoms with Gasteiger partial charge in [-0.2, -0.15) is 0 Å². The molecular weight excluding hydrogens is 528 g/mol. The number of carbonyl (C=O) groups is 3. The van der Waals surface area contributed by atoms with Crippen LogP contribution in [0.4, 0.5) is 0 Å². The van der Waals surface area contributed by atoms with Gasteiger partial charge in [0.1, 0.15) is 17.8 Å². The van der Waals surface area contributed by atoms with Crippen LogP contribution >= 0.6 is 0 Å². The van der Waals surface area contributed by atoms with Gasteiger partial charge in [-0.1, -0.05) is 93.1 Å². The second kappa shape index (κ2) is 14.5. The Morgan fingerprint density at radius 1 is 0.929 bits per heavy atom. The van der Waals surface area contributed by atoms with Crippen molar-refractivity contribution in [1.29, 1.82) is 0 Å². The molecule has 2 heterocycles. The molecule has 5 rings (SSSR count). The maximum Gasteiger partial charge on any atom is 0.247 e. The predicted molar refractivity (Wildman–Crippen MR) is 164 cm³/mol. The van der Waals surface area contributed by atoms with Crippen molar-refractivity contribution in [2.24, 2.45) is 5.92 Å². The van der Waals surface area contributed by atoms with E-state index in [1.54, 1.807) is 24.4 Å². The summed E-state index contributed by atoms with van der Waals surface area (Å²) < 4.78 is 6.48. The molecule has 0 aromatic heterocycles. The molecule has 0 spiro atoms. The van der Waals surface area contributed by atoms with Crippen molar-refractivity contribution in [2.45, 2.75) is 50.9 Å². The zero-order valence-electron chi connectivity index (χ0n) is 24.6. The van der Waals surface area contributed by atoms with E-state index in [4.69, 9.17) is 4.74 Å². The minimum Gasteiger partial charge on any atom is -0.483 e. The second-order valence-corrected chi connectivity index (χ2v) is 10.9. The zero-order chi connectivity index (χ0) is 30.1. The molecule has 2 aliphatic heterocycles. The van der Waals surface area contributed by atoms with Gasteiger partial charge in [-0.05, 0) is 61.3 Å². The van der Waals surface area contributed by atoms with Gasteiger partial charge in [-0.25, -0.2) is 0 Å². The molecule has 0 radical (unpaired) electrons. The summed E-state index contributed by atoms with van der Waals surface area (Å²) in [5.41, 5.74) is 2.59. The number of likely N-dealkylation sites (N-methyl/N-ethyl adjacent to an activating group) is 1. The van der Waals surface area contributed by atoms with E-state index in [0.29, 0.717) is 24.2 Å². The molecule has 3 aromatic rings. The summed E-state index contributed by atoms with van der Waals surface area (Å²) in [6.07, 6.45) is 3.60. The van der Waals surface area contributed by atoms with Crippen molar-refractivity contribution in [2.75, 3.05) is 14.1 Å². The predicted octanol–water partition coefficient (Wildman–Crippen LogP) is 4.10. The molecule has 8 heteroatoms. The maximum atomic E-state index is 14.2. The van der Waals surface area contributed by atoms with Crippen LogP contribution in [0, 0.1) is 5.92 Å². The number of amides is 3. The fraction of sp³-hybridized carbons (Fsp3) is 0.324. The molecule has 3 aromatic carbocycles. The normalized spacial score (nSPS) is 21.3. The molecule has 0 saturated carbocycles. The highest BCUT2D eigenvalue weighted by Gasteiger charge is 2.38. The van der Waals surface area contributed by atoms with Crippen molar-refractivity contribution in [1.82, 2.24) is 20.9 Å². The lowest BCUT2D eigenvalue weighted by Gasteiger charge is -2.33. The van der Waals surface area contributed by atoms with Gasteiger partial charge in [0.15, 0.2) is 6.10 Å². The van der Waals surface area contributed by atoms with Crippen LogP contribution in [0.3, 0.4) is 0 Å². The largest absolute Gasteiger partial charge is 0.483 e.